The Morgan fingerprint density at radius 3 is 2.59 bits per heavy atom. The second kappa shape index (κ2) is 7.81. The highest BCUT2D eigenvalue weighted by Gasteiger charge is 2.13. The van der Waals surface area contributed by atoms with Gasteiger partial charge in [-0.25, -0.2) is 9.37 Å². The van der Waals surface area contributed by atoms with Crippen molar-refractivity contribution in [3.8, 4) is 23.0 Å². The molecule has 0 spiro atoms. The van der Waals surface area contributed by atoms with Gasteiger partial charge < -0.3 is 9.30 Å². The van der Waals surface area contributed by atoms with Crippen molar-refractivity contribution >= 4 is 11.0 Å². The predicted octanol–water partition coefficient (Wildman–Crippen LogP) is 4.14. The summed E-state index contributed by atoms with van der Waals surface area (Å²) in [6, 6.07) is 16.8. The average Bonchev–Trinajstić information content (AvgIpc) is 3.36. The minimum Gasteiger partial charge on any atom is -0.489 e. The van der Waals surface area contributed by atoms with Crippen molar-refractivity contribution in [1.82, 2.24) is 24.3 Å². The molecule has 0 aliphatic carbocycles. The number of nitrogens with one attached hydrogen (secondary N) is 1. The summed E-state index contributed by atoms with van der Waals surface area (Å²) in [6.45, 7) is 2.19. The van der Waals surface area contributed by atoms with E-state index in [0.717, 1.165) is 39.5 Å². The number of halogens is 1. The highest BCUT2D eigenvalue weighted by Crippen LogP contribution is 2.24. The molecular formula is C24H20FN5O2. The number of hydrogen-bond donors (Lipinski definition) is 1. The Kier molecular flexibility index (Phi) is 4.82. The summed E-state index contributed by atoms with van der Waals surface area (Å²) in [6.07, 6.45) is 1.68. The minimum absolute atomic E-state index is 0.216. The van der Waals surface area contributed by atoms with Crippen molar-refractivity contribution in [1.29, 1.82) is 0 Å². The first kappa shape index (κ1) is 19.7. The molecule has 0 saturated heterocycles. The van der Waals surface area contributed by atoms with Crippen LogP contribution in [0, 0.1) is 12.7 Å². The molecule has 8 heteroatoms. The molecule has 0 saturated carbocycles. The number of fused-ring (bicyclic) bond motifs is 1. The maximum Gasteiger partial charge on any atom is 0.258 e. The SMILES string of the molecule is Cc1cc(-c2nc3ccc(-n4ccc(OCc5ccc(F)cc5)cc4=O)cc3n2C)n[nH]1. The molecule has 0 radical (unpaired) electrons. The van der Waals surface area contributed by atoms with E-state index in [9.17, 15) is 9.18 Å². The number of ether oxygens (including phenoxy) is 1. The molecule has 0 fully saturated rings. The largest absolute Gasteiger partial charge is 0.489 e. The number of aryl methyl sites for hydroxylation is 2. The van der Waals surface area contributed by atoms with Gasteiger partial charge in [0.1, 0.15) is 23.9 Å². The van der Waals surface area contributed by atoms with Gasteiger partial charge in [-0.05, 0) is 55.0 Å². The lowest BCUT2D eigenvalue weighted by Crippen LogP contribution is -2.16. The van der Waals surface area contributed by atoms with Gasteiger partial charge in [-0.3, -0.25) is 14.5 Å². The third-order valence-electron chi connectivity index (χ3n) is 5.29. The number of imidazole rings is 1. The lowest BCUT2D eigenvalue weighted by Gasteiger charge is -2.09. The van der Waals surface area contributed by atoms with Crippen LogP contribution in [0.15, 0.2) is 71.7 Å². The first-order valence-electron chi connectivity index (χ1n) is 10.1. The number of aromatic nitrogens is 5. The number of rotatable bonds is 5. The van der Waals surface area contributed by atoms with Gasteiger partial charge in [0, 0.05) is 25.0 Å². The summed E-state index contributed by atoms with van der Waals surface area (Å²) in [5.41, 5.74) is 4.76. The van der Waals surface area contributed by atoms with Gasteiger partial charge in [0.2, 0.25) is 0 Å². The van der Waals surface area contributed by atoms with E-state index >= 15 is 0 Å². The number of benzene rings is 2. The van der Waals surface area contributed by atoms with E-state index in [2.05, 4.69) is 15.2 Å². The van der Waals surface area contributed by atoms with Crippen LogP contribution in [0.5, 0.6) is 5.75 Å². The molecule has 3 aromatic heterocycles. The van der Waals surface area contributed by atoms with E-state index in [1.165, 1.54) is 18.2 Å². The topological polar surface area (TPSA) is 77.7 Å². The number of aromatic amines is 1. The van der Waals surface area contributed by atoms with Crippen molar-refractivity contribution in [2.75, 3.05) is 0 Å². The van der Waals surface area contributed by atoms with Crippen LogP contribution in [0.25, 0.3) is 28.2 Å². The Labute approximate surface area is 182 Å². The molecule has 5 aromatic rings. The van der Waals surface area contributed by atoms with Crippen molar-refractivity contribution in [3.63, 3.8) is 0 Å². The van der Waals surface area contributed by atoms with Crippen molar-refractivity contribution in [3.05, 3.63) is 94.3 Å². The molecule has 7 nitrogen and oxygen atoms in total. The molecule has 3 heterocycles. The Morgan fingerprint density at radius 2 is 1.88 bits per heavy atom. The summed E-state index contributed by atoms with van der Waals surface area (Å²) >= 11 is 0. The summed E-state index contributed by atoms with van der Waals surface area (Å²) in [5, 5.41) is 7.23. The quantitative estimate of drug-likeness (QED) is 0.456. The fourth-order valence-electron chi connectivity index (χ4n) is 3.60. The summed E-state index contributed by atoms with van der Waals surface area (Å²) in [5.74, 6) is 0.903. The molecule has 0 aliphatic rings. The third-order valence-corrected chi connectivity index (χ3v) is 5.29. The van der Waals surface area contributed by atoms with E-state index in [4.69, 9.17) is 4.74 Å². The molecule has 0 unspecified atom stereocenters. The average molecular weight is 429 g/mol. The van der Waals surface area contributed by atoms with Gasteiger partial charge in [0.15, 0.2) is 5.82 Å². The van der Waals surface area contributed by atoms with Gasteiger partial charge in [-0.2, -0.15) is 5.10 Å². The van der Waals surface area contributed by atoms with Crippen LogP contribution in [0.2, 0.25) is 0 Å². The highest BCUT2D eigenvalue weighted by atomic mass is 19.1. The number of nitrogens with zero attached hydrogens (tertiary/aromatic N) is 4. The third kappa shape index (κ3) is 3.66. The van der Waals surface area contributed by atoms with Gasteiger partial charge in [-0.15, -0.1) is 0 Å². The number of H-pyrrole nitrogens is 1. The Bertz CT molecular complexity index is 1480. The normalized spacial score (nSPS) is 11.2. The first-order valence-corrected chi connectivity index (χ1v) is 10.1. The van der Waals surface area contributed by atoms with E-state index in [1.54, 1.807) is 29.0 Å². The zero-order valence-electron chi connectivity index (χ0n) is 17.5. The fraction of sp³-hybridized carbons (Fsp3) is 0.125. The van der Waals surface area contributed by atoms with Crippen LogP contribution >= 0.6 is 0 Å². The van der Waals surface area contributed by atoms with Gasteiger partial charge in [0.25, 0.3) is 5.56 Å². The monoisotopic (exact) mass is 429 g/mol. The van der Waals surface area contributed by atoms with E-state index in [-0.39, 0.29) is 18.0 Å². The standard InChI is InChI=1S/C24H20FN5O2/c1-15-11-21(28-27-15)24-26-20-8-7-18(12-22(20)29(24)2)30-10-9-19(13-23(30)31)32-14-16-3-5-17(25)6-4-16/h3-13H,14H2,1-2H3,(H,27,28). The molecular weight excluding hydrogens is 409 g/mol. The molecule has 0 amide bonds. The molecule has 1 N–H and O–H groups in total. The Balaban J connectivity index is 1.42. The second-order valence-electron chi connectivity index (χ2n) is 7.59. The van der Waals surface area contributed by atoms with Gasteiger partial charge in [0.05, 0.1) is 16.7 Å². The van der Waals surface area contributed by atoms with Crippen LogP contribution in [0.1, 0.15) is 11.3 Å². The molecule has 0 aliphatic heterocycles. The van der Waals surface area contributed by atoms with Gasteiger partial charge >= 0.3 is 0 Å². The van der Waals surface area contributed by atoms with E-state index in [0.29, 0.717) is 5.75 Å². The summed E-state index contributed by atoms with van der Waals surface area (Å²) in [4.78, 5) is 17.4. The Hall–Kier alpha value is -4.20. The summed E-state index contributed by atoms with van der Waals surface area (Å²) in [7, 11) is 1.92. The lowest BCUT2D eigenvalue weighted by atomic mass is 10.2. The molecule has 0 atom stereocenters. The van der Waals surface area contributed by atoms with E-state index in [1.807, 2.05) is 42.8 Å². The van der Waals surface area contributed by atoms with Crippen LogP contribution < -0.4 is 10.3 Å². The van der Waals surface area contributed by atoms with Crippen molar-refractivity contribution < 1.29 is 9.13 Å². The van der Waals surface area contributed by atoms with Crippen LogP contribution in [0.4, 0.5) is 4.39 Å². The zero-order chi connectivity index (χ0) is 22.2. The molecule has 160 valence electrons. The van der Waals surface area contributed by atoms with Crippen LogP contribution in [0.3, 0.4) is 0 Å². The van der Waals surface area contributed by atoms with Gasteiger partial charge in [-0.1, -0.05) is 12.1 Å². The van der Waals surface area contributed by atoms with Crippen LogP contribution in [-0.2, 0) is 13.7 Å². The summed E-state index contributed by atoms with van der Waals surface area (Å²) < 4.78 is 22.2. The molecule has 5 rings (SSSR count). The molecule has 0 bridgehead atoms. The maximum atomic E-state index is 13.0. The lowest BCUT2D eigenvalue weighted by molar-refractivity contribution is 0.305. The number of hydrogen-bond acceptors (Lipinski definition) is 4. The Morgan fingerprint density at radius 1 is 1.06 bits per heavy atom. The predicted molar refractivity (Wildman–Crippen MR) is 119 cm³/mol. The van der Waals surface area contributed by atoms with E-state index < -0.39 is 0 Å². The minimum atomic E-state index is -0.298. The number of pyridine rings is 1. The molecule has 32 heavy (non-hydrogen) atoms. The molecule has 2 aromatic carbocycles. The first-order chi connectivity index (χ1) is 15.5. The van der Waals surface area contributed by atoms with Crippen molar-refractivity contribution in [2.24, 2.45) is 7.05 Å². The maximum absolute atomic E-state index is 13.0. The smallest absolute Gasteiger partial charge is 0.258 e. The zero-order valence-corrected chi connectivity index (χ0v) is 17.5. The fourth-order valence-corrected chi connectivity index (χ4v) is 3.60. The van der Waals surface area contributed by atoms with Crippen molar-refractivity contribution in [2.45, 2.75) is 13.5 Å². The van der Waals surface area contributed by atoms with Crippen LogP contribution in [-0.4, -0.2) is 24.3 Å². The second-order valence-corrected chi connectivity index (χ2v) is 7.59. The highest BCUT2D eigenvalue weighted by molar-refractivity contribution is 5.82.